The number of aromatic nitrogens is 2. The molecule has 25 heavy (non-hydrogen) atoms. The van der Waals surface area contributed by atoms with Gasteiger partial charge in [-0.2, -0.15) is 0 Å². The molecular weight excluding hydrogens is 336 g/mol. The Morgan fingerprint density at radius 1 is 1.20 bits per heavy atom. The Morgan fingerprint density at radius 2 is 2.00 bits per heavy atom. The zero-order chi connectivity index (χ0) is 17.2. The molecule has 2 aliphatic rings. The average Bonchev–Trinajstić information content (AvgIpc) is 3.47. The summed E-state index contributed by atoms with van der Waals surface area (Å²) in [5.41, 5.74) is 5.96. The Labute approximate surface area is 152 Å². The number of piperidine rings is 1. The van der Waals surface area contributed by atoms with Crippen molar-refractivity contribution >= 4 is 17.5 Å². The molecule has 0 atom stereocenters. The number of nitrogens with one attached hydrogen (secondary N) is 1. The number of hydrogen-bond donors (Lipinski definition) is 1. The second-order valence-corrected chi connectivity index (χ2v) is 7.20. The van der Waals surface area contributed by atoms with E-state index in [0.717, 1.165) is 55.7 Å². The third kappa shape index (κ3) is 3.83. The smallest absolute Gasteiger partial charge is 0.283 e. The van der Waals surface area contributed by atoms with E-state index in [1.54, 1.807) is 6.20 Å². The first kappa shape index (κ1) is 16.5. The van der Waals surface area contributed by atoms with Gasteiger partial charge in [0, 0.05) is 29.6 Å². The minimum Gasteiger partial charge on any atom is -0.283 e. The molecule has 1 aliphatic carbocycles. The molecule has 5 nitrogen and oxygen atoms in total. The van der Waals surface area contributed by atoms with Crippen molar-refractivity contribution in [1.29, 1.82) is 0 Å². The fourth-order valence-corrected chi connectivity index (χ4v) is 3.41. The number of benzene rings is 1. The minimum atomic E-state index is -0.194. The molecule has 4 rings (SSSR count). The van der Waals surface area contributed by atoms with E-state index in [2.05, 4.69) is 15.4 Å². The van der Waals surface area contributed by atoms with E-state index in [-0.39, 0.29) is 5.91 Å². The summed E-state index contributed by atoms with van der Waals surface area (Å²) in [6.45, 7) is 1.78. The number of nitrogens with zero attached hydrogens (tertiary/aromatic N) is 3. The minimum absolute atomic E-state index is 0.194. The second-order valence-electron chi connectivity index (χ2n) is 6.76. The van der Waals surface area contributed by atoms with Crippen molar-refractivity contribution in [3.63, 3.8) is 0 Å². The molecule has 2 aromatic rings. The summed E-state index contributed by atoms with van der Waals surface area (Å²) in [6.07, 6.45) is 7.30. The van der Waals surface area contributed by atoms with E-state index < -0.39 is 0 Å². The quantitative estimate of drug-likeness (QED) is 0.905. The van der Waals surface area contributed by atoms with Gasteiger partial charge in [-0.1, -0.05) is 30.2 Å². The first-order valence-electron chi connectivity index (χ1n) is 8.89. The summed E-state index contributed by atoms with van der Waals surface area (Å²) in [6, 6.07) is 7.58. The van der Waals surface area contributed by atoms with E-state index in [1.165, 1.54) is 6.42 Å². The highest BCUT2D eigenvalue weighted by atomic mass is 35.5. The van der Waals surface area contributed by atoms with Crippen LogP contribution in [0.5, 0.6) is 0 Å². The van der Waals surface area contributed by atoms with E-state index in [1.807, 2.05) is 29.3 Å². The molecule has 1 aliphatic heterocycles. The molecule has 0 spiro atoms. The van der Waals surface area contributed by atoms with Crippen LogP contribution in [-0.4, -0.2) is 34.0 Å². The normalized spacial score (nSPS) is 18.1. The van der Waals surface area contributed by atoms with Crippen LogP contribution in [0.2, 0.25) is 5.02 Å². The zero-order valence-electron chi connectivity index (χ0n) is 14.0. The highest BCUT2D eigenvalue weighted by Gasteiger charge is 2.29. The predicted molar refractivity (Wildman–Crippen MR) is 97.3 cm³/mol. The van der Waals surface area contributed by atoms with Gasteiger partial charge in [0.15, 0.2) is 0 Å². The standard InChI is InChI=1S/C19H21ClN4O/c20-15-6-4-5-14(11-15)18-17(13-7-8-13)21-12-16(22-18)19(25)23-24-9-2-1-3-10-24/h4-6,11-13H,1-3,7-10H2,(H,23,25). The van der Waals surface area contributed by atoms with Gasteiger partial charge in [0.25, 0.3) is 5.91 Å². The van der Waals surface area contributed by atoms with Gasteiger partial charge in [-0.15, -0.1) is 0 Å². The Balaban J connectivity index is 1.63. The fraction of sp³-hybridized carbons (Fsp3) is 0.421. The van der Waals surface area contributed by atoms with Crippen LogP contribution in [0.25, 0.3) is 11.3 Å². The average molecular weight is 357 g/mol. The van der Waals surface area contributed by atoms with Gasteiger partial charge in [0.2, 0.25) is 0 Å². The lowest BCUT2D eigenvalue weighted by Crippen LogP contribution is -2.45. The van der Waals surface area contributed by atoms with Crippen molar-refractivity contribution in [2.75, 3.05) is 13.1 Å². The van der Waals surface area contributed by atoms with Gasteiger partial charge in [-0.3, -0.25) is 15.2 Å². The molecule has 130 valence electrons. The first-order chi connectivity index (χ1) is 12.2. The molecule has 0 bridgehead atoms. The van der Waals surface area contributed by atoms with E-state index >= 15 is 0 Å². The SMILES string of the molecule is O=C(NN1CCCCC1)c1cnc(C2CC2)c(-c2cccc(Cl)c2)n1. The fourth-order valence-electron chi connectivity index (χ4n) is 3.22. The third-order valence-electron chi connectivity index (χ3n) is 4.71. The monoisotopic (exact) mass is 356 g/mol. The van der Waals surface area contributed by atoms with Crippen molar-refractivity contribution in [3.8, 4) is 11.3 Å². The highest BCUT2D eigenvalue weighted by Crippen LogP contribution is 2.42. The molecular formula is C19H21ClN4O. The van der Waals surface area contributed by atoms with Gasteiger partial charge in [-0.05, 0) is 37.8 Å². The molecule has 6 heteroatoms. The summed E-state index contributed by atoms with van der Waals surface area (Å²) in [5.74, 6) is 0.251. The lowest BCUT2D eigenvalue weighted by Gasteiger charge is -2.26. The Morgan fingerprint density at radius 3 is 2.72 bits per heavy atom. The van der Waals surface area contributed by atoms with Gasteiger partial charge in [-0.25, -0.2) is 9.99 Å². The van der Waals surface area contributed by atoms with Crippen LogP contribution in [0.15, 0.2) is 30.5 Å². The number of hydrogen-bond acceptors (Lipinski definition) is 4. The number of halogens is 1. The van der Waals surface area contributed by atoms with Crippen molar-refractivity contribution < 1.29 is 4.79 Å². The Bertz CT molecular complexity index is 785. The Hall–Kier alpha value is -1.98. The molecule has 2 fully saturated rings. The topological polar surface area (TPSA) is 58.1 Å². The third-order valence-corrected chi connectivity index (χ3v) is 4.95. The Kier molecular flexibility index (Phi) is 4.68. The number of carbonyl (C=O) groups is 1. The molecule has 0 radical (unpaired) electrons. The maximum absolute atomic E-state index is 12.6. The molecule has 1 aromatic carbocycles. The van der Waals surface area contributed by atoms with Crippen LogP contribution in [0, 0.1) is 0 Å². The second kappa shape index (κ2) is 7.10. The van der Waals surface area contributed by atoms with E-state index in [9.17, 15) is 4.79 Å². The molecule has 0 unspecified atom stereocenters. The summed E-state index contributed by atoms with van der Waals surface area (Å²) < 4.78 is 0. The van der Waals surface area contributed by atoms with Gasteiger partial charge in [0.1, 0.15) is 5.69 Å². The van der Waals surface area contributed by atoms with Gasteiger partial charge in [0.05, 0.1) is 17.6 Å². The van der Waals surface area contributed by atoms with E-state index in [4.69, 9.17) is 11.6 Å². The van der Waals surface area contributed by atoms with Crippen LogP contribution in [0.4, 0.5) is 0 Å². The summed E-state index contributed by atoms with van der Waals surface area (Å²) in [4.78, 5) is 21.8. The highest BCUT2D eigenvalue weighted by molar-refractivity contribution is 6.30. The predicted octanol–water partition coefficient (Wildman–Crippen LogP) is 3.81. The van der Waals surface area contributed by atoms with Crippen molar-refractivity contribution in [1.82, 2.24) is 20.4 Å². The van der Waals surface area contributed by atoms with Crippen molar-refractivity contribution in [2.45, 2.75) is 38.0 Å². The van der Waals surface area contributed by atoms with Gasteiger partial charge < -0.3 is 0 Å². The van der Waals surface area contributed by atoms with Crippen molar-refractivity contribution in [2.24, 2.45) is 0 Å². The number of amides is 1. The number of carbonyl (C=O) groups excluding carboxylic acids is 1. The number of rotatable bonds is 4. The number of hydrazine groups is 1. The van der Waals surface area contributed by atoms with E-state index in [0.29, 0.717) is 16.6 Å². The molecule has 1 N–H and O–H groups in total. The lowest BCUT2D eigenvalue weighted by molar-refractivity contribution is 0.0744. The van der Waals surface area contributed by atoms with Crippen LogP contribution >= 0.6 is 11.6 Å². The first-order valence-corrected chi connectivity index (χ1v) is 9.27. The summed E-state index contributed by atoms with van der Waals surface area (Å²) in [7, 11) is 0. The van der Waals surface area contributed by atoms with Crippen LogP contribution in [-0.2, 0) is 0 Å². The summed E-state index contributed by atoms with van der Waals surface area (Å²) in [5, 5.41) is 2.63. The van der Waals surface area contributed by atoms with Gasteiger partial charge >= 0.3 is 0 Å². The maximum Gasteiger partial charge on any atom is 0.285 e. The molecule has 1 amide bonds. The van der Waals surface area contributed by atoms with Crippen LogP contribution < -0.4 is 5.43 Å². The van der Waals surface area contributed by atoms with Crippen LogP contribution in [0.3, 0.4) is 0 Å². The molecule has 2 heterocycles. The largest absolute Gasteiger partial charge is 0.285 e. The molecule has 1 saturated heterocycles. The zero-order valence-corrected chi connectivity index (χ0v) is 14.8. The molecule has 1 aromatic heterocycles. The van der Waals surface area contributed by atoms with Crippen LogP contribution in [0.1, 0.15) is 54.2 Å². The lowest BCUT2D eigenvalue weighted by atomic mass is 10.1. The maximum atomic E-state index is 12.6. The summed E-state index contributed by atoms with van der Waals surface area (Å²) >= 11 is 6.14. The van der Waals surface area contributed by atoms with Crippen molar-refractivity contribution in [3.05, 3.63) is 46.9 Å². The molecule has 1 saturated carbocycles.